The van der Waals surface area contributed by atoms with Gasteiger partial charge in [-0.3, -0.25) is 9.69 Å². The number of likely N-dealkylation sites (tertiary alicyclic amines) is 2. The highest BCUT2D eigenvalue weighted by Crippen LogP contribution is 2.32. The van der Waals surface area contributed by atoms with E-state index in [1.54, 1.807) is 6.92 Å². The van der Waals surface area contributed by atoms with Crippen LogP contribution >= 0.6 is 0 Å². The van der Waals surface area contributed by atoms with Crippen LogP contribution in [0.1, 0.15) is 27.2 Å². The Kier molecular flexibility index (Phi) is 2.52. The van der Waals surface area contributed by atoms with E-state index in [0.717, 1.165) is 19.0 Å². The first-order chi connectivity index (χ1) is 6.59. The maximum absolute atomic E-state index is 11.4. The van der Waals surface area contributed by atoms with E-state index in [0.29, 0.717) is 12.1 Å². The number of hydrogen-bond acceptors (Lipinski definition) is 2. The number of carbonyl (C=O) groups is 1. The van der Waals surface area contributed by atoms with Crippen LogP contribution in [0.5, 0.6) is 0 Å². The van der Waals surface area contributed by atoms with Gasteiger partial charge in [-0.25, -0.2) is 0 Å². The number of hydrogen-bond donors (Lipinski definition) is 0. The zero-order valence-electron chi connectivity index (χ0n) is 9.36. The second-order valence-corrected chi connectivity index (χ2v) is 4.88. The molecule has 0 aromatic carbocycles. The highest BCUT2D eigenvalue weighted by Gasteiger charge is 2.42. The van der Waals surface area contributed by atoms with E-state index >= 15 is 0 Å². The number of fused-ring (bicyclic) bond motifs is 1. The standard InChI is InChI=1S/C11H20N2O/c1-8(2)12-6-10-4-5-13(9(3)14)11(10)7-12/h8,10-11H,4-7H2,1-3H3/t10-,11+/m0/s1. The van der Waals surface area contributed by atoms with Crippen LogP contribution in [0.3, 0.4) is 0 Å². The molecule has 2 rings (SSSR count). The third kappa shape index (κ3) is 1.54. The Balaban J connectivity index is 2.03. The average molecular weight is 196 g/mol. The van der Waals surface area contributed by atoms with Crippen molar-refractivity contribution >= 4 is 5.91 Å². The molecule has 14 heavy (non-hydrogen) atoms. The molecular weight excluding hydrogens is 176 g/mol. The van der Waals surface area contributed by atoms with E-state index in [-0.39, 0.29) is 5.91 Å². The largest absolute Gasteiger partial charge is 0.338 e. The van der Waals surface area contributed by atoms with Crippen LogP contribution in [0.15, 0.2) is 0 Å². The van der Waals surface area contributed by atoms with Gasteiger partial charge in [-0.05, 0) is 26.2 Å². The molecule has 3 nitrogen and oxygen atoms in total. The van der Waals surface area contributed by atoms with Gasteiger partial charge < -0.3 is 4.90 Å². The molecule has 0 aliphatic carbocycles. The highest BCUT2D eigenvalue weighted by molar-refractivity contribution is 5.74. The monoisotopic (exact) mass is 196 g/mol. The Bertz CT molecular complexity index is 239. The first-order valence-electron chi connectivity index (χ1n) is 5.61. The van der Waals surface area contributed by atoms with E-state index in [1.807, 2.05) is 0 Å². The van der Waals surface area contributed by atoms with Gasteiger partial charge in [0.2, 0.25) is 5.91 Å². The van der Waals surface area contributed by atoms with Gasteiger partial charge in [0, 0.05) is 38.6 Å². The first-order valence-corrected chi connectivity index (χ1v) is 5.61. The van der Waals surface area contributed by atoms with Crippen molar-refractivity contribution < 1.29 is 4.79 Å². The maximum Gasteiger partial charge on any atom is 0.219 e. The summed E-state index contributed by atoms with van der Waals surface area (Å²) in [7, 11) is 0. The molecule has 0 aromatic rings. The fourth-order valence-electron chi connectivity index (χ4n) is 2.81. The van der Waals surface area contributed by atoms with Gasteiger partial charge in [0.25, 0.3) is 0 Å². The van der Waals surface area contributed by atoms with E-state index in [1.165, 1.54) is 13.0 Å². The summed E-state index contributed by atoms with van der Waals surface area (Å²) in [6.07, 6.45) is 1.20. The number of rotatable bonds is 1. The lowest BCUT2D eigenvalue weighted by Crippen LogP contribution is -2.39. The van der Waals surface area contributed by atoms with E-state index in [9.17, 15) is 4.79 Å². The van der Waals surface area contributed by atoms with E-state index < -0.39 is 0 Å². The lowest BCUT2D eigenvalue weighted by Gasteiger charge is -2.25. The molecule has 2 heterocycles. The van der Waals surface area contributed by atoms with E-state index in [2.05, 4.69) is 23.6 Å². The summed E-state index contributed by atoms with van der Waals surface area (Å²) in [5.74, 6) is 0.990. The highest BCUT2D eigenvalue weighted by atomic mass is 16.2. The molecule has 0 radical (unpaired) electrons. The minimum atomic E-state index is 0.253. The maximum atomic E-state index is 11.4. The Morgan fingerprint density at radius 2 is 2.07 bits per heavy atom. The predicted molar refractivity (Wildman–Crippen MR) is 56.0 cm³/mol. The SMILES string of the molecule is CC(=O)N1CC[C@H]2CN(C(C)C)C[C@H]21. The number of carbonyl (C=O) groups excluding carboxylic acids is 1. The van der Waals surface area contributed by atoms with Crippen molar-refractivity contribution in [3.05, 3.63) is 0 Å². The quantitative estimate of drug-likeness (QED) is 0.623. The average Bonchev–Trinajstić information content (AvgIpc) is 2.58. The van der Waals surface area contributed by atoms with Gasteiger partial charge in [-0.1, -0.05) is 0 Å². The van der Waals surface area contributed by atoms with Crippen molar-refractivity contribution in [2.75, 3.05) is 19.6 Å². The molecule has 2 atom stereocenters. The summed E-state index contributed by atoms with van der Waals surface area (Å²) >= 11 is 0. The lowest BCUT2D eigenvalue weighted by molar-refractivity contribution is -0.129. The molecule has 1 amide bonds. The summed E-state index contributed by atoms with van der Waals surface area (Å²) < 4.78 is 0. The fourth-order valence-corrected chi connectivity index (χ4v) is 2.81. The second-order valence-electron chi connectivity index (χ2n) is 4.88. The number of amides is 1. The summed E-state index contributed by atoms with van der Waals surface area (Å²) in [5, 5.41) is 0. The Hall–Kier alpha value is -0.570. The van der Waals surface area contributed by atoms with Gasteiger partial charge >= 0.3 is 0 Å². The van der Waals surface area contributed by atoms with Crippen LogP contribution in [0, 0.1) is 5.92 Å². The Labute approximate surface area is 86.1 Å². The third-order valence-corrected chi connectivity index (χ3v) is 3.71. The molecule has 0 bridgehead atoms. The van der Waals surface area contributed by atoms with Crippen molar-refractivity contribution in [3.63, 3.8) is 0 Å². The molecule has 2 saturated heterocycles. The summed E-state index contributed by atoms with van der Waals surface area (Å²) in [6, 6.07) is 1.13. The van der Waals surface area contributed by atoms with Crippen LogP contribution in [-0.2, 0) is 4.79 Å². The van der Waals surface area contributed by atoms with Crippen molar-refractivity contribution in [3.8, 4) is 0 Å². The molecule has 0 unspecified atom stereocenters. The van der Waals surface area contributed by atoms with E-state index in [4.69, 9.17) is 0 Å². The third-order valence-electron chi connectivity index (χ3n) is 3.71. The van der Waals surface area contributed by atoms with Crippen LogP contribution in [0.25, 0.3) is 0 Å². The zero-order valence-corrected chi connectivity index (χ0v) is 9.36. The molecule has 0 spiro atoms. The molecule has 0 saturated carbocycles. The topological polar surface area (TPSA) is 23.6 Å². The van der Waals surface area contributed by atoms with Gasteiger partial charge in [0.1, 0.15) is 0 Å². The predicted octanol–water partition coefficient (Wildman–Crippen LogP) is 0.947. The molecule has 2 aliphatic heterocycles. The Morgan fingerprint density at radius 1 is 1.36 bits per heavy atom. The van der Waals surface area contributed by atoms with Gasteiger partial charge in [0.15, 0.2) is 0 Å². The Morgan fingerprint density at radius 3 is 2.64 bits per heavy atom. The van der Waals surface area contributed by atoms with Gasteiger partial charge in [-0.15, -0.1) is 0 Å². The first kappa shape index (κ1) is 9.97. The molecule has 2 fully saturated rings. The minimum absolute atomic E-state index is 0.253. The minimum Gasteiger partial charge on any atom is -0.338 e. The normalized spacial score (nSPS) is 32.7. The van der Waals surface area contributed by atoms with Crippen LogP contribution in [0.4, 0.5) is 0 Å². The van der Waals surface area contributed by atoms with Crippen molar-refractivity contribution in [2.24, 2.45) is 5.92 Å². The smallest absolute Gasteiger partial charge is 0.219 e. The lowest BCUT2D eigenvalue weighted by atomic mass is 10.1. The zero-order chi connectivity index (χ0) is 10.3. The van der Waals surface area contributed by atoms with Crippen LogP contribution in [0.2, 0.25) is 0 Å². The van der Waals surface area contributed by atoms with Crippen LogP contribution < -0.4 is 0 Å². The second kappa shape index (κ2) is 3.54. The van der Waals surface area contributed by atoms with Gasteiger partial charge in [-0.2, -0.15) is 0 Å². The molecule has 0 aromatic heterocycles. The molecule has 0 N–H and O–H groups in total. The molecule has 2 aliphatic rings. The van der Waals surface area contributed by atoms with Crippen molar-refractivity contribution in [1.29, 1.82) is 0 Å². The van der Waals surface area contributed by atoms with Crippen molar-refractivity contribution in [1.82, 2.24) is 9.80 Å². The number of nitrogens with zero attached hydrogens (tertiary/aromatic N) is 2. The summed E-state index contributed by atoms with van der Waals surface area (Å²) in [4.78, 5) is 15.9. The van der Waals surface area contributed by atoms with Gasteiger partial charge in [0.05, 0.1) is 0 Å². The molecule has 80 valence electrons. The fraction of sp³-hybridized carbons (Fsp3) is 0.909. The molecule has 3 heteroatoms. The molecular formula is C11H20N2O. The summed E-state index contributed by atoms with van der Waals surface area (Å²) in [5.41, 5.74) is 0. The van der Waals surface area contributed by atoms with Crippen LogP contribution in [-0.4, -0.2) is 47.4 Å². The summed E-state index contributed by atoms with van der Waals surface area (Å²) in [6.45, 7) is 9.42. The van der Waals surface area contributed by atoms with Crippen molar-refractivity contribution in [2.45, 2.75) is 39.3 Å².